The highest BCUT2D eigenvalue weighted by Crippen LogP contribution is 2.26. The molecular formula is C11H24N2O3S. The van der Waals surface area contributed by atoms with Crippen LogP contribution in [0.3, 0.4) is 0 Å². The van der Waals surface area contributed by atoms with Crippen LogP contribution in [0, 0.1) is 0 Å². The molecule has 0 aromatic heterocycles. The summed E-state index contributed by atoms with van der Waals surface area (Å²) in [6.07, 6.45) is 0.644. The van der Waals surface area contributed by atoms with Crippen molar-refractivity contribution in [3.05, 3.63) is 0 Å². The van der Waals surface area contributed by atoms with Gasteiger partial charge in [-0.3, -0.25) is 0 Å². The van der Waals surface area contributed by atoms with E-state index in [0.29, 0.717) is 13.2 Å². The summed E-state index contributed by atoms with van der Waals surface area (Å²) in [6.45, 7) is 9.35. The molecule has 17 heavy (non-hydrogen) atoms. The van der Waals surface area contributed by atoms with Gasteiger partial charge < -0.3 is 10.1 Å². The molecule has 5 nitrogen and oxygen atoms in total. The van der Waals surface area contributed by atoms with Crippen LogP contribution in [0.15, 0.2) is 0 Å². The SMILES string of the molecule is CCNCC(C)S(=O)(=O)NC1(C)CCOC1C. The van der Waals surface area contributed by atoms with Crippen molar-refractivity contribution in [3.63, 3.8) is 0 Å². The average Bonchev–Trinajstić information content (AvgIpc) is 2.54. The van der Waals surface area contributed by atoms with Crippen LogP contribution in [0.1, 0.15) is 34.1 Å². The van der Waals surface area contributed by atoms with Crippen LogP contribution in [0.4, 0.5) is 0 Å². The summed E-state index contributed by atoms with van der Waals surface area (Å²) < 4.78 is 32.5. The van der Waals surface area contributed by atoms with Gasteiger partial charge in [0.2, 0.25) is 10.0 Å². The largest absolute Gasteiger partial charge is 0.376 e. The monoisotopic (exact) mass is 264 g/mol. The highest BCUT2D eigenvalue weighted by Gasteiger charge is 2.41. The molecule has 0 bridgehead atoms. The Bertz CT molecular complexity index is 345. The number of hydrogen-bond donors (Lipinski definition) is 2. The lowest BCUT2D eigenvalue weighted by Gasteiger charge is -2.30. The van der Waals surface area contributed by atoms with Gasteiger partial charge in [0.1, 0.15) is 0 Å². The molecular weight excluding hydrogens is 240 g/mol. The lowest BCUT2D eigenvalue weighted by molar-refractivity contribution is 0.0956. The standard InChI is InChI=1S/C11H24N2O3S/c1-5-12-8-9(2)17(14,15)13-11(4)6-7-16-10(11)3/h9-10,12-13H,5-8H2,1-4H3. The zero-order chi connectivity index (χ0) is 13.1. The van der Waals surface area contributed by atoms with Crippen LogP contribution >= 0.6 is 0 Å². The van der Waals surface area contributed by atoms with E-state index in [4.69, 9.17) is 4.74 Å². The first-order chi connectivity index (χ1) is 7.82. The fourth-order valence-corrected chi connectivity index (χ4v) is 3.31. The molecule has 1 aliphatic rings. The predicted molar refractivity (Wildman–Crippen MR) is 68.5 cm³/mol. The molecule has 0 spiro atoms. The number of rotatable bonds is 6. The molecule has 0 aliphatic carbocycles. The molecule has 1 heterocycles. The molecule has 1 saturated heterocycles. The maximum Gasteiger partial charge on any atom is 0.216 e. The van der Waals surface area contributed by atoms with Crippen LogP contribution in [-0.4, -0.2) is 45.0 Å². The second-order valence-corrected chi connectivity index (χ2v) is 7.04. The minimum absolute atomic E-state index is 0.0800. The van der Waals surface area contributed by atoms with Crippen LogP contribution in [0.25, 0.3) is 0 Å². The summed E-state index contributed by atoms with van der Waals surface area (Å²) in [6, 6.07) is 0. The van der Waals surface area contributed by atoms with E-state index in [2.05, 4.69) is 10.0 Å². The highest BCUT2D eigenvalue weighted by molar-refractivity contribution is 7.90. The molecule has 0 saturated carbocycles. The van der Waals surface area contributed by atoms with Gasteiger partial charge in [0.25, 0.3) is 0 Å². The molecule has 1 rings (SSSR count). The third kappa shape index (κ3) is 3.64. The Morgan fingerprint density at radius 2 is 2.18 bits per heavy atom. The van der Waals surface area contributed by atoms with Gasteiger partial charge in [-0.25, -0.2) is 13.1 Å². The van der Waals surface area contributed by atoms with Crippen molar-refractivity contribution < 1.29 is 13.2 Å². The second-order valence-electron chi connectivity index (χ2n) is 4.95. The quantitative estimate of drug-likeness (QED) is 0.732. The minimum atomic E-state index is -3.30. The molecule has 0 radical (unpaired) electrons. The molecule has 1 fully saturated rings. The summed E-state index contributed by atoms with van der Waals surface area (Å²) in [5.41, 5.74) is -0.473. The van der Waals surface area contributed by atoms with Gasteiger partial charge in [0.15, 0.2) is 0 Å². The number of sulfonamides is 1. The van der Waals surface area contributed by atoms with Crippen molar-refractivity contribution in [2.45, 2.75) is 51.0 Å². The first-order valence-electron chi connectivity index (χ1n) is 6.17. The topological polar surface area (TPSA) is 67.4 Å². The average molecular weight is 264 g/mol. The zero-order valence-electron chi connectivity index (χ0n) is 11.1. The van der Waals surface area contributed by atoms with E-state index in [9.17, 15) is 8.42 Å². The summed E-state index contributed by atoms with van der Waals surface area (Å²) in [5, 5.41) is 2.61. The van der Waals surface area contributed by atoms with Crippen LogP contribution in [0.5, 0.6) is 0 Å². The first kappa shape index (κ1) is 14.9. The van der Waals surface area contributed by atoms with Crippen molar-refractivity contribution in [2.75, 3.05) is 19.7 Å². The van der Waals surface area contributed by atoms with E-state index in [-0.39, 0.29) is 6.10 Å². The molecule has 3 atom stereocenters. The molecule has 3 unspecified atom stereocenters. The Morgan fingerprint density at radius 1 is 1.53 bits per heavy atom. The van der Waals surface area contributed by atoms with Crippen LogP contribution in [0.2, 0.25) is 0 Å². The van der Waals surface area contributed by atoms with Crippen molar-refractivity contribution >= 4 is 10.0 Å². The van der Waals surface area contributed by atoms with Crippen molar-refractivity contribution in [1.82, 2.24) is 10.0 Å². The van der Waals surface area contributed by atoms with Gasteiger partial charge in [-0.1, -0.05) is 6.92 Å². The maximum absolute atomic E-state index is 12.1. The van der Waals surface area contributed by atoms with E-state index in [1.165, 1.54) is 0 Å². The number of ether oxygens (including phenoxy) is 1. The van der Waals surface area contributed by atoms with Gasteiger partial charge in [-0.05, 0) is 33.7 Å². The third-order valence-corrected chi connectivity index (χ3v) is 5.45. The van der Waals surface area contributed by atoms with E-state index in [1.807, 2.05) is 20.8 Å². The Morgan fingerprint density at radius 3 is 2.65 bits per heavy atom. The van der Waals surface area contributed by atoms with Crippen LogP contribution in [-0.2, 0) is 14.8 Å². The van der Waals surface area contributed by atoms with E-state index < -0.39 is 20.8 Å². The smallest absolute Gasteiger partial charge is 0.216 e. The summed E-state index contributed by atoms with van der Waals surface area (Å²) in [4.78, 5) is 0. The minimum Gasteiger partial charge on any atom is -0.376 e. The molecule has 2 N–H and O–H groups in total. The highest BCUT2D eigenvalue weighted by atomic mass is 32.2. The molecule has 0 amide bonds. The predicted octanol–water partition coefficient (Wildman–Crippen LogP) is 0.471. The first-order valence-corrected chi connectivity index (χ1v) is 7.71. The number of nitrogens with one attached hydrogen (secondary N) is 2. The lowest BCUT2D eigenvalue weighted by atomic mass is 9.97. The Labute approximate surface area is 104 Å². The van der Waals surface area contributed by atoms with E-state index in [0.717, 1.165) is 13.0 Å². The lowest BCUT2D eigenvalue weighted by Crippen LogP contribution is -2.54. The van der Waals surface area contributed by atoms with E-state index >= 15 is 0 Å². The Hall–Kier alpha value is -0.170. The molecule has 0 aromatic rings. The van der Waals surface area contributed by atoms with Crippen molar-refractivity contribution in [2.24, 2.45) is 0 Å². The summed E-state index contributed by atoms with van der Waals surface area (Å²) >= 11 is 0. The Kier molecular flexibility index (Phi) is 4.95. The van der Waals surface area contributed by atoms with Crippen LogP contribution < -0.4 is 10.0 Å². The maximum atomic E-state index is 12.1. The molecule has 0 aromatic carbocycles. The van der Waals surface area contributed by atoms with Crippen molar-refractivity contribution in [3.8, 4) is 0 Å². The fraction of sp³-hybridized carbons (Fsp3) is 1.00. The van der Waals surface area contributed by atoms with Gasteiger partial charge in [-0.15, -0.1) is 0 Å². The Balaban J connectivity index is 2.65. The van der Waals surface area contributed by atoms with Gasteiger partial charge in [-0.2, -0.15) is 0 Å². The van der Waals surface area contributed by atoms with E-state index in [1.54, 1.807) is 6.92 Å². The van der Waals surface area contributed by atoms with Gasteiger partial charge in [0.05, 0.1) is 16.9 Å². The third-order valence-electron chi connectivity index (χ3n) is 3.47. The molecule has 1 aliphatic heterocycles. The van der Waals surface area contributed by atoms with Gasteiger partial charge >= 0.3 is 0 Å². The van der Waals surface area contributed by atoms with Gasteiger partial charge in [0, 0.05) is 13.2 Å². The normalized spacial score (nSPS) is 31.6. The fourth-order valence-electron chi connectivity index (χ4n) is 1.85. The summed E-state index contributed by atoms with van der Waals surface area (Å²) in [5.74, 6) is 0. The molecule has 102 valence electrons. The zero-order valence-corrected chi connectivity index (χ0v) is 11.9. The van der Waals surface area contributed by atoms with Crippen molar-refractivity contribution in [1.29, 1.82) is 0 Å². The number of hydrogen-bond acceptors (Lipinski definition) is 4. The second kappa shape index (κ2) is 5.65. The summed E-state index contributed by atoms with van der Waals surface area (Å²) in [7, 11) is -3.30. The molecule has 6 heteroatoms.